The molecule has 0 aromatic heterocycles. The molecule has 0 spiro atoms. The number of hydrogen-bond acceptors (Lipinski definition) is 18. The molecule has 0 bridgehead atoms. The van der Waals surface area contributed by atoms with E-state index in [2.05, 4.69) is 13.8 Å². The molecular formula is C71H84O18. The molecule has 2 aliphatic rings. The molecule has 8 rings (SSSR count). The van der Waals surface area contributed by atoms with Crippen LogP contribution in [0.2, 0.25) is 0 Å². The lowest BCUT2D eigenvalue weighted by Gasteiger charge is -2.40. The zero-order chi connectivity index (χ0) is 63.0. The molecule has 2 saturated heterocycles. The van der Waals surface area contributed by atoms with Crippen LogP contribution in [0.1, 0.15) is 125 Å². The standard InChI is InChI=1S/C71H84O18/c1-7-68(44-82-62(72)52-24-15-11-16-25-52,45-83-63(73)53-26-17-12-18-27-53)40-78-42-70(9-3)48-86-66(87-49-70)56-32-34-58(60(38-56)76-5)80-36-23-37-81-59-35-33-57(39-61(59)77-6)67-88-50-71(10-4,51-89-67)43-79-41-69(8-2,46-84-64(74)54-28-19-13-20-29-54)47-85-65(75)55-30-21-14-22-31-55/h11-22,24-35,38-39,66-67H,7-10,23,36-37,40-51H2,1-6H3. The van der Waals surface area contributed by atoms with E-state index in [1.807, 2.05) is 74.5 Å². The van der Waals surface area contributed by atoms with Gasteiger partial charge in [-0.05, 0) is 98.5 Å². The van der Waals surface area contributed by atoms with Gasteiger partial charge < -0.3 is 66.3 Å². The highest BCUT2D eigenvalue weighted by Gasteiger charge is 2.41. The fourth-order valence-electron chi connectivity index (χ4n) is 10.0. The minimum atomic E-state index is -0.825. The van der Waals surface area contributed by atoms with Crippen molar-refractivity contribution < 1.29 is 85.5 Å². The zero-order valence-corrected chi connectivity index (χ0v) is 51.9. The molecule has 2 aliphatic heterocycles. The predicted molar refractivity (Wildman–Crippen MR) is 330 cm³/mol. The lowest BCUT2D eigenvalue weighted by Crippen LogP contribution is -2.44. The van der Waals surface area contributed by atoms with Crippen molar-refractivity contribution in [3.8, 4) is 23.0 Å². The number of carbonyl (C=O) groups excluding carboxylic acids is 4. The van der Waals surface area contributed by atoms with E-state index in [0.29, 0.717) is 130 Å². The zero-order valence-electron chi connectivity index (χ0n) is 51.9. The second kappa shape index (κ2) is 33.1. The Morgan fingerprint density at radius 1 is 0.416 bits per heavy atom. The van der Waals surface area contributed by atoms with Crippen molar-refractivity contribution in [2.45, 2.75) is 72.4 Å². The van der Waals surface area contributed by atoms with Gasteiger partial charge in [-0.25, -0.2) is 19.2 Å². The number of ether oxygens (including phenoxy) is 14. The largest absolute Gasteiger partial charge is 0.493 e. The Hall–Kier alpha value is -7.84. The average molecular weight is 1230 g/mol. The highest BCUT2D eigenvalue weighted by atomic mass is 16.7. The maximum atomic E-state index is 13.0. The fourth-order valence-corrected chi connectivity index (χ4v) is 10.0. The highest BCUT2D eigenvalue weighted by Crippen LogP contribution is 2.41. The van der Waals surface area contributed by atoms with Gasteiger partial charge in [0, 0.05) is 28.4 Å². The van der Waals surface area contributed by atoms with E-state index in [-0.39, 0.29) is 39.6 Å². The monoisotopic (exact) mass is 1220 g/mol. The first-order valence-electron chi connectivity index (χ1n) is 30.4. The van der Waals surface area contributed by atoms with Crippen molar-refractivity contribution in [3.05, 3.63) is 191 Å². The minimum Gasteiger partial charge on any atom is -0.493 e. The van der Waals surface area contributed by atoms with Crippen LogP contribution in [0.3, 0.4) is 0 Å². The molecule has 89 heavy (non-hydrogen) atoms. The van der Waals surface area contributed by atoms with E-state index < -0.39 is 58.1 Å². The number of hydrogen-bond donors (Lipinski definition) is 0. The van der Waals surface area contributed by atoms with Gasteiger partial charge in [-0.3, -0.25) is 0 Å². The van der Waals surface area contributed by atoms with Crippen LogP contribution in [0.4, 0.5) is 0 Å². The number of benzene rings is 6. The summed E-state index contributed by atoms with van der Waals surface area (Å²) in [5.74, 6) is 0.257. The molecule has 0 atom stereocenters. The number of rotatable bonds is 34. The summed E-state index contributed by atoms with van der Waals surface area (Å²) in [4.78, 5) is 52.2. The molecule has 0 N–H and O–H groups in total. The van der Waals surface area contributed by atoms with E-state index >= 15 is 0 Å². The molecule has 18 nitrogen and oxygen atoms in total. The third-order valence-electron chi connectivity index (χ3n) is 16.6. The van der Waals surface area contributed by atoms with Crippen molar-refractivity contribution in [2.75, 3.05) is 107 Å². The lowest BCUT2D eigenvalue weighted by molar-refractivity contribution is -0.247. The normalized spacial score (nSPS) is 18.4. The van der Waals surface area contributed by atoms with Crippen molar-refractivity contribution in [1.82, 2.24) is 0 Å². The van der Waals surface area contributed by atoms with Gasteiger partial charge in [-0.1, -0.05) is 113 Å². The summed E-state index contributed by atoms with van der Waals surface area (Å²) in [7, 11) is 3.16. The van der Waals surface area contributed by atoms with Gasteiger partial charge in [0.05, 0.1) is 113 Å². The van der Waals surface area contributed by atoms with Gasteiger partial charge >= 0.3 is 23.9 Å². The Bertz CT molecular complexity index is 2820. The Morgan fingerprint density at radius 2 is 0.719 bits per heavy atom. The van der Waals surface area contributed by atoms with Gasteiger partial charge in [0.15, 0.2) is 35.6 Å². The SMILES string of the molecule is CCC(COCC1(CC)COC(c2ccc(OCCCOc3ccc(C4OCC(CC)(COCC(CC)(COC(=O)c5ccccc5)COC(=O)c5ccccc5)CO4)cc3OC)c(OC)c2)OC1)(COC(=O)c1ccccc1)COC(=O)c1ccccc1. The molecule has 476 valence electrons. The van der Waals surface area contributed by atoms with Gasteiger partial charge in [-0.2, -0.15) is 0 Å². The van der Waals surface area contributed by atoms with Crippen molar-refractivity contribution in [2.24, 2.45) is 21.7 Å². The molecule has 2 fully saturated rings. The maximum absolute atomic E-state index is 13.0. The van der Waals surface area contributed by atoms with Gasteiger partial charge in [0.25, 0.3) is 0 Å². The van der Waals surface area contributed by atoms with Gasteiger partial charge in [0.1, 0.15) is 26.4 Å². The quantitative estimate of drug-likeness (QED) is 0.0210. The molecular weight excluding hydrogens is 1140 g/mol. The molecule has 0 aliphatic carbocycles. The Kier molecular flexibility index (Phi) is 25.0. The van der Waals surface area contributed by atoms with Gasteiger partial charge in [0.2, 0.25) is 0 Å². The molecule has 0 radical (unpaired) electrons. The third-order valence-corrected chi connectivity index (χ3v) is 16.6. The Balaban J connectivity index is 0.779. The molecule has 0 unspecified atom stereocenters. The molecule has 2 heterocycles. The molecule has 18 heteroatoms. The average Bonchev–Trinajstić information content (AvgIpc) is 3.03. The molecule has 0 amide bonds. The van der Waals surface area contributed by atoms with Gasteiger partial charge in [-0.15, -0.1) is 0 Å². The summed E-state index contributed by atoms with van der Waals surface area (Å²) in [5.41, 5.74) is 0.630. The first kappa shape index (κ1) is 67.1. The van der Waals surface area contributed by atoms with Crippen LogP contribution in [0, 0.1) is 21.7 Å². The summed E-state index contributed by atoms with van der Waals surface area (Å²) in [5, 5.41) is 0. The molecule has 0 saturated carbocycles. The topological polar surface area (TPSA) is 197 Å². The first-order valence-corrected chi connectivity index (χ1v) is 30.4. The third kappa shape index (κ3) is 18.6. The summed E-state index contributed by atoms with van der Waals surface area (Å²) < 4.78 is 85.5. The summed E-state index contributed by atoms with van der Waals surface area (Å²) in [6, 6.07) is 46.2. The second-order valence-corrected chi connectivity index (χ2v) is 22.9. The number of methoxy groups -OCH3 is 2. The smallest absolute Gasteiger partial charge is 0.338 e. The summed E-state index contributed by atoms with van der Waals surface area (Å²) in [6.45, 7) is 10.9. The second-order valence-electron chi connectivity index (χ2n) is 22.9. The van der Waals surface area contributed by atoms with E-state index in [4.69, 9.17) is 66.3 Å². The van der Waals surface area contributed by atoms with E-state index in [9.17, 15) is 19.2 Å². The first-order chi connectivity index (χ1) is 43.3. The minimum absolute atomic E-state index is 0.0212. The molecule has 6 aromatic rings. The highest BCUT2D eigenvalue weighted by molar-refractivity contribution is 5.91. The van der Waals surface area contributed by atoms with Crippen molar-refractivity contribution >= 4 is 23.9 Å². The van der Waals surface area contributed by atoms with Crippen LogP contribution < -0.4 is 18.9 Å². The van der Waals surface area contributed by atoms with Crippen LogP contribution in [0.25, 0.3) is 0 Å². The van der Waals surface area contributed by atoms with Crippen LogP contribution in [0.15, 0.2) is 158 Å². The van der Waals surface area contributed by atoms with Crippen molar-refractivity contribution in [1.29, 1.82) is 0 Å². The molecule has 6 aromatic carbocycles. The Labute approximate surface area is 522 Å². The van der Waals surface area contributed by atoms with E-state index in [1.54, 1.807) is 111 Å². The van der Waals surface area contributed by atoms with Crippen LogP contribution in [0.5, 0.6) is 23.0 Å². The summed E-state index contributed by atoms with van der Waals surface area (Å²) >= 11 is 0. The van der Waals surface area contributed by atoms with Crippen molar-refractivity contribution in [3.63, 3.8) is 0 Å². The van der Waals surface area contributed by atoms with Crippen LogP contribution >= 0.6 is 0 Å². The number of carbonyl (C=O) groups is 4. The van der Waals surface area contributed by atoms with Crippen LogP contribution in [-0.2, 0) is 47.4 Å². The fraction of sp³-hybridized carbons (Fsp3) is 0.437. The summed E-state index contributed by atoms with van der Waals surface area (Å²) in [6.07, 6.45) is 1.65. The Morgan fingerprint density at radius 3 is 0.989 bits per heavy atom. The van der Waals surface area contributed by atoms with E-state index in [1.165, 1.54) is 0 Å². The number of esters is 4. The predicted octanol–water partition coefficient (Wildman–Crippen LogP) is 12.7. The maximum Gasteiger partial charge on any atom is 0.338 e. The van der Waals surface area contributed by atoms with Crippen LogP contribution in [-0.4, -0.2) is 131 Å². The van der Waals surface area contributed by atoms with E-state index in [0.717, 1.165) is 11.1 Å². The lowest BCUT2D eigenvalue weighted by atomic mass is 9.85.